The Kier molecular flexibility index (Phi) is 5.95. The van der Waals surface area contributed by atoms with Crippen LogP contribution in [-0.4, -0.2) is 38.7 Å². The maximum atomic E-state index is 13.1. The molecule has 3 heterocycles. The maximum absolute atomic E-state index is 13.1. The first kappa shape index (κ1) is 20.7. The average molecular weight is 427 g/mol. The van der Waals surface area contributed by atoms with Gasteiger partial charge in [-0.25, -0.2) is 4.98 Å². The minimum absolute atomic E-state index is 0.0207. The van der Waals surface area contributed by atoms with Crippen LogP contribution < -0.4 is 0 Å². The van der Waals surface area contributed by atoms with Gasteiger partial charge in [0.25, 0.3) is 5.91 Å². The third-order valence-electron chi connectivity index (χ3n) is 5.61. The Hall–Kier alpha value is -2.60. The van der Waals surface area contributed by atoms with Crippen molar-refractivity contribution in [3.63, 3.8) is 0 Å². The van der Waals surface area contributed by atoms with Crippen molar-refractivity contribution in [2.24, 2.45) is 7.05 Å². The summed E-state index contributed by atoms with van der Waals surface area (Å²) in [4.78, 5) is 19.5. The number of amides is 1. The van der Waals surface area contributed by atoms with Gasteiger partial charge in [0.15, 0.2) is 5.89 Å². The van der Waals surface area contributed by atoms with Crippen molar-refractivity contribution in [3.05, 3.63) is 70.2 Å². The van der Waals surface area contributed by atoms with Crippen LogP contribution in [0.15, 0.2) is 40.9 Å². The largest absolute Gasteiger partial charge is 0.445 e. The lowest BCUT2D eigenvalue weighted by Gasteiger charge is -2.31. The Morgan fingerprint density at radius 3 is 2.90 bits per heavy atom. The van der Waals surface area contributed by atoms with Gasteiger partial charge in [0.1, 0.15) is 11.5 Å². The molecule has 3 aromatic rings. The SMILES string of the molecule is CC(C)c1cc(C(=O)N2CCCC(c3ncc(Cc4cccc(Cl)c4)o3)C2)n(C)n1. The van der Waals surface area contributed by atoms with Crippen LogP contribution in [0.5, 0.6) is 0 Å². The van der Waals surface area contributed by atoms with Crippen molar-refractivity contribution in [3.8, 4) is 0 Å². The molecule has 4 rings (SSSR count). The molecule has 0 radical (unpaired) electrons. The minimum atomic E-state index is 0.0207. The van der Waals surface area contributed by atoms with E-state index in [-0.39, 0.29) is 17.7 Å². The number of hydrogen-bond acceptors (Lipinski definition) is 4. The number of aromatic nitrogens is 3. The van der Waals surface area contributed by atoms with Crippen LogP contribution in [0.25, 0.3) is 0 Å². The van der Waals surface area contributed by atoms with E-state index >= 15 is 0 Å². The molecule has 6 nitrogen and oxygen atoms in total. The number of halogens is 1. The molecule has 0 N–H and O–H groups in total. The molecule has 1 atom stereocenters. The number of aryl methyl sites for hydroxylation is 1. The van der Waals surface area contributed by atoms with Crippen LogP contribution >= 0.6 is 11.6 Å². The highest BCUT2D eigenvalue weighted by atomic mass is 35.5. The van der Waals surface area contributed by atoms with Crippen LogP contribution in [0, 0.1) is 0 Å². The number of likely N-dealkylation sites (tertiary alicyclic amines) is 1. The molecule has 1 aliphatic heterocycles. The fraction of sp³-hybridized carbons (Fsp3) is 0.435. The third-order valence-corrected chi connectivity index (χ3v) is 5.84. The average Bonchev–Trinajstić information content (AvgIpc) is 3.34. The molecule has 2 aromatic heterocycles. The molecular weight excluding hydrogens is 400 g/mol. The summed E-state index contributed by atoms with van der Waals surface area (Å²) in [6, 6.07) is 9.66. The van der Waals surface area contributed by atoms with E-state index in [1.807, 2.05) is 42.3 Å². The first-order chi connectivity index (χ1) is 14.4. The van der Waals surface area contributed by atoms with Gasteiger partial charge in [-0.2, -0.15) is 5.10 Å². The summed E-state index contributed by atoms with van der Waals surface area (Å²) < 4.78 is 7.74. The number of nitrogens with zero attached hydrogens (tertiary/aromatic N) is 4. The fourth-order valence-corrected chi connectivity index (χ4v) is 4.15. The lowest BCUT2D eigenvalue weighted by atomic mass is 9.97. The van der Waals surface area contributed by atoms with Crippen LogP contribution in [0.4, 0.5) is 0 Å². The predicted molar refractivity (Wildman–Crippen MR) is 116 cm³/mol. The van der Waals surface area contributed by atoms with E-state index in [0.29, 0.717) is 29.6 Å². The number of carbonyl (C=O) groups is 1. The van der Waals surface area contributed by atoms with Crippen molar-refractivity contribution >= 4 is 17.5 Å². The van der Waals surface area contributed by atoms with E-state index in [9.17, 15) is 4.79 Å². The summed E-state index contributed by atoms with van der Waals surface area (Å²) in [6.45, 7) is 5.51. The van der Waals surface area contributed by atoms with Gasteiger partial charge in [-0.05, 0) is 42.5 Å². The number of rotatable bonds is 5. The second-order valence-corrected chi connectivity index (χ2v) is 8.73. The van der Waals surface area contributed by atoms with E-state index in [2.05, 4.69) is 23.9 Å². The van der Waals surface area contributed by atoms with Crippen molar-refractivity contribution in [2.45, 2.75) is 44.9 Å². The Labute approximate surface area is 181 Å². The highest BCUT2D eigenvalue weighted by Crippen LogP contribution is 2.28. The lowest BCUT2D eigenvalue weighted by molar-refractivity contribution is 0.0686. The first-order valence-electron chi connectivity index (χ1n) is 10.4. The molecule has 158 valence electrons. The molecule has 1 amide bonds. The lowest BCUT2D eigenvalue weighted by Crippen LogP contribution is -2.40. The number of benzene rings is 1. The van der Waals surface area contributed by atoms with Crippen LogP contribution in [0.3, 0.4) is 0 Å². The zero-order chi connectivity index (χ0) is 21.3. The quantitative estimate of drug-likeness (QED) is 0.588. The molecular formula is C23H27ClN4O2. The normalized spacial score (nSPS) is 17.0. The van der Waals surface area contributed by atoms with Gasteiger partial charge in [-0.3, -0.25) is 9.48 Å². The summed E-state index contributed by atoms with van der Waals surface area (Å²) in [5.74, 6) is 1.93. The van der Waals surface area contributed by atoms with Crippen molar-refractivity contribution in [1.29, 1.82) is 0 Å². The van der Waals surface area contributed by atoms with Crippen LogP contribution in [0.2, 0.25) is 5.02 Å². The van der Waals surface area contributed by atoms with Crippen molar-refractivity contribution in [1.82, 2.24) is 19.7 Å². The van der Waals surface area contributed by atoms with E-state index in [1.165, 1.54) is 0 Å². The van der Waals surface area contributed by atoms with Crippen LogP contribution in [0.1, 0.15) is 71.9 Å². The molecule has 1 saturated heterocycles. The molecule has 1 fully saturated rings. The topological polar surface area (TPSA) is 64.2 Å². The molecule has 1 aliphatic rings. The molecule has 1 unspecified atom stereocenters. The summed E-state index contributed by atoms with van der Waals surface area (Å²) in [6.07, 6.45) is 4.32. The Bertz CT molecular complexity index is 1040. The molecule has 0 aliphatic carbocycles. The van der Waals surface area contributed by atoms with Gasteiger partial charge in [0, 0.05) is 31.6 Å². The van der Waals surface area contributed by atoms with Gasteiger partial charge in [-0.15, -0.1) is 0 Å². The van der Waals surface area contributed by atoms with Gasteiger partial charge in [-0.1, -0.05) is 37.6 Å². The number of oxazole rings is 1. The molecule has 0 spiro atoms. The summed E-state index contributed by atoms with van der Waals surface area (Å²) >= 11 is 6.07. The first-order valence-corrected chi connectivity index (χ1v) is 10.8. The highest BCUT2D eigenvalue weighted by Gasteiger charge is 2.30. The standard InChI is InChI=1S/C23H27ClN4O2/c1-15(2)20-12-21(27(3)26-20)23(29)28-9-5-7-17(14-28)22-25-13-19(30-22)11-16-6-4-8-18(24)10-16/h4,6,8,10,12-13,15,17H,5,7,9,11,14H2,1-3H3. The second-order valence-electron chi connectivity index (χ2n) is 8.29. The fourth-order valence-electron chi connectivity index (χ4n) is 3.94. The number of hydrogen-bond donors (Lipinski definition) is 0. The molecule has 30 heavy (non-hydrogen) atoms. The summed E-state index contributed by atoms with van der Waals surface area (Å²) in [5.41, 5.74) is 2.66. The van der Waals surface area contributed by atoms with Crippen molar-refractivity contribution < 1.29 is 9.21 Å². The smallest absolute Gasteiger partial charge is 0.272 e. The second kappa shape index (κ2) is 8.64. The van der Waals surface area contributed by atoms with Gasteiger partial charge < -0.3 is 9.32 Å². The number of piperidine rings is 1. The van der Waals surface area contributed by atoms with Crippen LogP contribution in [-0.2, 0) is 13.5 Å². The summed E-state index contributed by atoms with van der Waals surface area (Å²) in [7, 11) is 1.83. The zero-order valence-corrected chi connectivity index (χ0v) is 18.4. The Morgan fingerprint density at radius 2 is 2.17 bits per heavy atom. The maximum Gasteiger partial charge on any atom is 0.272 e. The van der Waals surface area contributed by atoms with Crippen molar-refractivity contribution in [2.75, 3.05) is 13.1 Å². The van der Waals surface area contributed by atoms with E-state index in [4.69, 9.17) is 16.0 Å². The molecule has 7 heteroatoms. The highest BCUT2D eigenvalue weighted by molar-refractivity contribution is 6.30. The monoisotopic (exact) mass is 426 g/mol. The Balaban J connectivity index is 1.45. The molecule has 0 saturated carbocycles. The Morgan fingerprint density at radius 1 is 1.33 bits per heavy atom. The molecule has 1 aromatic carbocycles. The van der Waals surface area contributed by atoms with Gasteiger partial charge >= 0.3 is 0 Å². The van der Waals surface area contributed by atoms with Gasteiger partial charge in [0.05, 0.1) is 17.8 Å². The predicted octanol–water partition coefficient (Wildman–Crippen LogP) is 4.80. The van der Waals surface area contributed by atoms with E-state index in [1.54, 1.807) is 10.9 Å². The molecule has 0 bridgehead atoms. The third kappa shape index (κ3) is 4.43. The zero-order valence-electron chi connectivity index (χ0n) is 17.6. The van der Waals surface area contributed by atoms with Gasteiger partial charge in [0.2, 0.25) is 0 Å². The summed E-state index contributed by atoms with van der Waals surface area (Å²) in [5, 5.41) is 5.19. The minimum Gasteiger partial charge on any atom is -0.445 e. The number of carbonyl (C=O) groups excluding carboxylic acids is 1. The van der Waals surface area contributed by atoms with E-state index in [0.717, 1.165) is 36.4 Å². The van der Waals surface area contributed by atoms with E-state index < -0.39 is 0 Å².